The maximum absolute atomic E-state index is 12.4. The number of nitrogens with zero attached hydrogens (tertiary/aromatic N) is 1. The van der Waals surface area contributed by atoms with E-state index in [9.17, 15) is 22.8 Å². The van der Waals surface area contributed by atoms with Gasteiger partial charge in [0.15, 0.2) is 5.69 Å². The number of methoxy groups -OCH3 is 1. The number of carboxylic acids is 1. The zero-order valence-corrected chi connectivity index (χ0v) is 8.41. The Morgan fingerprint density at radius 1 is 1.41 bits per heavy atom. The molecule has 0 saturated heterocycles. The number of pyridine rings is 1. The van der Waals surface area contributed by atoms with Crippen LogP contribution in [0.3, 0.4) is 0 Å². The molecule has 0 aliphatic rings. The number of carboxylic acid groups (broad SMARTS) is 1. The molecule has 1 N–H and O–H groups in total. The predicted octanol–water partition coefficient (Wildman–Crippen LogP) is 1.59. The number of hydrogen-bond donors (Lipinski definition) is 1. The van der Waals surface area contributed by atoms with E-state index in [0.717, 1.165) is 7.11 Å². The molecule has 1 heterocycles. The number of ether oxygens (including phenoxy) is 1. The third-order valence-electron chi connectivity index (χ3n) is 1.81. The maximum atomic E-state index is 12.4. The molecule has 0 unspecified atom stereocenters. The van der Waals surface area contributed by atoms with Crippen molar-refractivity contribution in [2.45, 2.75) is 6.18 Å². The normalized spacial score (nSPS) is 11.1. The molecule has 5 nitrogen and oxygen atoms in total. The first kappa shape index (κ1) is 12.9. The topological polar surface area (TPSA) is 76.5 Å². The van der Waals surface area contributed by atoms with Crippen molar-refractivity contribution in [1.29, 1.82) is 0 Å². The van der Waals surface area contributed by atoms with Crippen molar-refractivity contribution in [1.82, 2.24) is 4.98 Å². The van der Waals surface area contributed by atoms with E-state index in [1.807, 2.05) is 0 Å². The van der Waals surface area contributed by atoms with Gasteiger partial charge in [0.2, 0.25) is 0 Å². The van der Waals surface area contributed by atoms with E-state index in [2.05, 4.69) is 9.72 Å². The van der Waals surface area contributed by atoms with Gasteiger partial charge in [0.25, 0.3) is 0 Å². The molecule has 1 aromatic heterocycles. The number of hydrogen-bond acceptors (Lipinski definition) is 4. The van der Waals surface area contributed by atoms with Gasteiger partial charge in [-0.05, 0) is 6.07 Å². The Labute approximate surface area is 92.8 Å². The molecule has 0 amide bonds. The summed E-state index contributed by atoms with van der Waals surface area (Å²) in [5.41, 5.74) is -3.02. The molecule has 0 aliphatic heterocycles. The highest BCUT2D eigenvalue weighted by Crippen LogP contribution is 2.30. The van der Waals surface area contributed by atoms with E-state index in [0.29, 0.717) is 12.3 Å². The molecule has 0 fully saturated rings. The Kier molecular flexibility index (Phi) is 3.35. The van der Waals surface area contributed by atoms with Gasteiger partial charge in [0, 0.05) is 6.20 Å². The van der Waals surface area contributed by atoms with E-state index in [4.69, 9.17) is 5.11 Å². The van der Waals surface area contributed by atoms with Gasteiger partial charge in [-0.25, -0.2) is 9.59 Å². The molecule has 0 radical (unpaired) electrons. The highest BCUT2D eigenvalue weighted by Gasteiger charge is 2.37. The standard InChI is InChI=1S/C9H6F3NO4/c1-17-8(16)4-2-5(7(14)15)6(13-3-4)9(10,11)12/h2-3H,1H3,(H,14,15). The average Bonchev–Trinajstić information content (AvgIpc) is 2.25. The number of carbonyl (C=O) groups excluding carboxylic acids is 1. The maximum Gasteiger partial charge on any atom is 0.434 e. The molecule has 0 aliphatic carbocycles. The van der Waals surface area contributed by atoms with Crippen LogP contribution in [0.25, 0.3) is 0 Å². The van der Waals surface area contributed by atoms with Crippen LogP contribution in [0.4, 0.5) is 13.2 Å². The molecule has 17 heavy (non-hydrogen) atoms. The average molecular weight is 249 g/mol. The van der Waals surface area contributed by atoms with Crippen LogP contribution in [0, 0.1) is 0 Å². The van der Waals surface area contributed by atoms with E-state index in [1.54, 1.807) is 0 Å². The predicted molar refractivity (Wildman–Crippen MR) is 47.5 cm³/mol. The summed E-state index contributed by atoms with van der Waals surface area (Å²) in [6.07, 6.45) is -4.29. The summed E-state index contributed by atoms with van der Waals surface area (Å²) >= 11 is 0. The number of esters is 1. The van der Waals surface area contributed by atoms with Gasteiger partial charge >= 0.3 is 18.1 Å². The van der Waals surface area contributed by atoms with Crippen molar-refractivity contribution in [2.24, 2.45) is 0 Å². The van der Waals surface area contributed by atoms with E-state index in [1.165, 1.54) is 0 Å². The highest BCUT2D eigenvalue weighted by atomic mass is 19.4. The smallest absolute Gasteiger partial charge is 0.434 e. The lowest BCUT2D eigenvalue weighted by molar-refractivity contribution is -0.141. The number of aromatic carboxylic acids is 1. The van der Waals surface area contributed by atoms with Crippen molar-refractivity contribution in [3.8, 4) is 0 Å². The van der Waals surface area contributed by atoms with Crippen molar-refractivity contribution in [3.05, 3.63) is 29.1 Å². The number of rotatable bonds is 2. The number of carbonyl (C=O) groups is 2. The van der Waals surface area contributed by atoms with Crippen LogP contribution < -0.4 is 0 Å². The second-order valence-electron chi connectivity index (χ2n) is 2.91. The largest absolute Gasteiger partial charge is 0.478 e. The Hall–Kier alpha value is -2.12. The lowest BCUT2D eigenvalue weighted by atomic mass is 10.1. The van der Waals surface area contributed by atoms with Gasteiger partial charge in [0.1, 0.15) is 0 Å². The van der Waals surface area contributed by atoms with Crippen LogP contribution in [-0.2, 0) is 10.9 Å². The van der Waals surface area contributed by atoms with Crippen molar-refractivity contribution in [2.75, 3.05) is 7.11 Å². The quantitative estimate of drug-likeness (QED) is 0.805. The molecular formula is C9H6F3NO4. The number of halogens is 3. The summed E-state index contributed by atoms with van der Waals surface area (Å²) in [4.78, 5) is 24.6. The SMILES string of the molecule is COC(=O)c1cnc(C(F)(F)F)c(C(=O)O)c1. The first-order valence-corrected chi connectivity index (χ1v) is 4.16. The van der Waals surface area contributed by atoms with E-state index >= 15 is 0 Å². The fourth-order valence-corrected chi connectivity index (χ4v) is 1.08. The van der Waals surface area contributed by atoms with Crippen LogP contribution >= 0.6 is 0 Å². The first-order chi connectivity index (χ1) is 7.77. The van der Waals surface area contributed by atoms with Crippen LogP contribution in [0.1, 0.15) is 26.4 Å². The second kappa shape index (κ2) is 4.40. The summed E-state index contributed by atoms with van der Waals surface area (Å²) in [6, 6.07) is 0.573. The fourth-order valence-electron chi connectivity index (χ4n) is 1.08. The molecule has 0 spiro atoms. The molecule has 8 heteroatoms. The molecular weight excluding hydrogens is 243 g/mol. The van der Waals surface area contributed by atoms with Crippen LogP contribution in [-0.4, -0.2) is 29.1 Å². The number of alkyl halides is 3. The Morgan fingerprint density at radius 3 is 2.41 bits per heavy atom. The number of aromatic nitrogens is 1. The minimum Gasteiger partial charge on any atom is -0.478 e. The lowest BCUT2D eigenvalue weighted by Crippen LogP contribution is -2.17. The van der Waals surface area contributed by atoms with Crippen molar-refractivity contribution in [3.63, 3.8) is 0 Å². The Balaban J connectivity index is 3.37. The fraction of sp³-hybridized carbons (Fsp3) is 0.222. The molecule has 0 saturated carbocycles. The van der Waals surface area contributed by atoms with Crippen LogP contribution in [0.5, 0.6) is 0 Å². The third kappa shape index (κ3) is 2.71. The molecule has 0 aromatic carbocycles. The van der Waals surface area contributed by atoms with Crippen molar-refractivity contribution < 1.29 is 32.6 Å². The summed E-state index contributed by atoms with van der Waals surface area (Å²) < 4.78 is 41.4. The first-order valence-electron chi connectivity index (χ1n) is 4.16. The van der Waals surface area contributed by atoms with Gasteiger partial charge in [0.05, 0.1) is 18.2 Å². The monoisotopic (exact) mass is 249 g/mol. The summed E-state index contributed by atoms with van der Waals surface area (Å²) in [6.45, 7) is 0. The molecule has 1 aromatic rings. The summed E-state index contributed by atoms with van der Waals surface area (Å²) in [5.74, 6) is -2.79. The third-order valence-corrected chi connectivity index (χ3v) is 1.81. The Bertz CT molecular complexity index is 470. The van der Waals surface area contributed by atoms with Gasteiger partial charge < -0.3 is 9.84 Å². The van der Waals surface area contributed by atoms with E-state index < -0.39 is 29.4 Å². The van der Waals surface area contributed by atoms with Crippen molar-refractivity contribution >= 4 is 11.9 Å². The molecule has 0 bridgehead atoms. The lowest BCUT2D eigenvalue weighted by Gasteiger charge is -2.09. The molecule has 0 atom stereocenters. The van der Waals surface area contributed by atoms with Gasteiger partial charge in [-0.1, -0.05) is 0 Å². The zero-order valence-electron chi connectivity index (χ0n) is 8.41. The summed E-state index contributed by atoms with van der Waals surface area (Å²) in [5, 5.41) is 8.62. The minimum absolute atomic E-state index is 0.363. The van der Waals surface area contributed by atoms with Gasteiger partial charge in [-0.15, -0.1) is 0 Å². The van der Waals surface area contributed by atoms with Crippen LogP contribution in [0.15, 0.2) is 12.3 Å². The van der Waals surface area contributed by atoms with Crippen LogP contribution in [0.2, 0.25) is 0 Å². The zero-order chi connectivity index (χ0) is 13.2. The van der Waals surface area contributed by atoms with E-state index in [-0.39, 0.29) is 5.56 Å². The Morgan fingerprint density at radius 2 is 2.00 bits per heavy atom. The summed E-state index contributed by atoms with van der Waals surface area (Å²) in [7, 11) is 1.01. The molecule has 1 rings (SSSR count). The molecule has 92 valence electrons. The van der Waals surface area contributed by atoms with Gasteiger partial charge in [-0.3, -0.25) is 4.98 Å². The second-order valence-corrected chi connectivity index (χ2v) is 2.91. The highest BCUT2D eigenvalue weighted by molar-refractivity contribution is 5.94. The minimum atomic E-state index is -4.90. The van der Waals surface area contributed by atoms with Gasteiger partial charge in [-0.2, -0.15) is 13.2 Å².